The molecule has 6 nitrogen and oxygen atoms in total. The molecule has 0 bridgehead atoms. The number of primary amides is 1. The van der Waals surface area contributed by atoms with Crippen LogP contribution in [-0.4, -0.2) is 23.9 Å². The maximum Gasteiger partial charge on any atom is 0.409 e. The zero-order valence-electron chi connectivity index (χ0n) is 12.4. The fraction of sp³-hybridized carbons (Fsp3) is 0.125. The summed E-state index contributed by atoms with van der Waals surface area (Å²) in [5, 5.41) is 1.25. The van der Waals surface area contributed by atoms with Crippen LogP contribution >= 0.6 is 15.9 Å². The summed E-state index contributed by atoms with van der Waals surface area (Å²) in [6.07, 6.45) is -1.05. The molecule has 2 amide bonds. The van der Waals surface area contributed by atoms with Crippen molar-refractivity contribution in [1.82, 2.24) is 0 Å². The summed E-state index contributed by atoms with van der Waals surface area (Å²) in [4.78, 5) is 28.8. The van der Waals surface area contributed by atoms with E-state index >= 15 is 0 Å². The van der Waals surface area contributed by atoms with Crippen LogP contribution in [0.3, 0.4) is 0 Å². The number of hydrogen-bond acceptors (Lipinski definition) is 4. The summed E-state index contributed by atoms with van der Waals surface area (Å²) >= 11 is 3.18. The number of nitrogens with zero attached hydrogens (tertiary/aromatic N) is 1. The Bertz CT molecular complexity index is 727. The molecule has 0 saturated carbocycles. The second kappa shape index (κ2) is 8.42. The molecule has 2 rings (SSSR count). The number of hydroxylamine groups is 1. The van der Waals surface area contributed by atoms with Gasteiger partial charge >= 0.3 is 6.09 Å². The third-order valence-corrected chi connectivity index (χ3v) is 3.18. The molecule has 0 atom stereocenters. The highest BCUT2D eigenvalue weighted by molar-refractivity contribution is 9.09. The lowest BCUT2D eigenvalue weighted by Gasteiger charge is -2.22. The smallest absolute Gasteiger partial charge is 0.409 e. The van der Waals surface area contributed by atoms with Gasteiger partial charge in [0.1, 0.15) is 17.3 Å². The largest absolute Gasteiger partial charge is 0.410 e. The Morgan fingerprint density at radius 3 is 2.50 bits per heavy atom. The molecule has 0 aliphatic rings. The number of carbonyl (C=O) groups excluding carboxylic acids is 2. The number of carbonyl (C=O) groups is 2. The Morgan fingerprint density at radius 1 is 1.17 bits per heavy atom. The number of hydrogen-bond donors (Lipinski definition) is 1. The van der Waals surface area contributed by atoms with Crippen LogP contribution in [0.1, 0.15) is 10.4 Å². The first-order valence-corrected chi connectivity index (χ1v) is 8.00. The van der Waals surface area contributed by atoms with Crippen molar-refractivity contribution in [3.8, 4) is 5.75 Å². The van der Waals surface area contributed by atoms with Crippen LogP contribution in [-0.2, 0) is 4.84 Å². The predicted octanol–water partition coefficient (Wildman–Crippen LogP) is 3.26. The van der Waals surface area contributed by atoms with Gasteiger partial charge in [-0.25, -0.2) is 9.18 Å². The lowest BCUT2D eigenvalue weighted by atomic mass is 10.2. The fourth-order valence-corrected chi connectivity index (χ4v) is 2.03. The second-order valence-corrected chi connectivity index (χ2v) is 5.32. The molecule has 2 N–H and O–H groups in total. The lowest BCUT2D eigenvalue weighted by Crippen LogP contribution is -2.32. The molecule has 0 saturated heterocycles. The molecule has 2 aromatic carbocycles. The summed E-state index contributed by atoms with van der Waals surface area (Å²) < 4.78 is 18.9. The van der Waals surface area contributed by atoms with Crippen LogP contribution in [0, 0.1) is 5.82 Å². The highest BCUT2D eigenvalue weighted by atomic mass is 79.9. The Kier molecular flexibility index (Phi) is 6.28. The Hall–Kier alpha value is -2.45. The molecular formula is C16H14BrFN2O4. The second-order valence-electron chi connectivity index (χ2n) is 4.52. The van der Waals surface area contributed by atoms with Crippen LogP contribution in [0.2, 0.25) is 0 Å². The van der Waals surface area contributed by atoms with Crippen LogP contribution in [0.4, 0.5) is 14.9 Å². The van der Waals surface area contributed by atoms with Crippen molar-refractivity contribution in [1.29, 1.82) is 0 Å². The number of anilines is 1. The van der Waals surface area contributed by atoms with E-state index in [0.717, 1.165) is 17.2 Å². The van der Waals surface area contributed by atoms with Gasteiger partial charge in [0.05, 0.1) is 6.61 Å². The van der Waals surface area contributed by atoms with Gasteiger partial charge in [0.2, 0.25) is 0 Å². The van der Waals surface area contributed by atoms with E-state index in [4.69, 9.17) is 15.3 Å². The summed E-state index contributed by atoms with van der Waals surface area (Å²) in [7, 11) is 0. The van der Waals surface area contributed by atoms with Crippen molar-refractivity contribution in [3.63, 3.8) is 0 Å². The van der Waals surface area contributed by atoms with Crippen LogP contribution in [0.5, 0.6) is 5.75 Å². The average molecular weight is 397 g/mol. The van der Waals surface area contributed by atoms with E-state index in [-0.39, 0.29) is 18.0 Å². The SMILES string of the molecule is NC(=O)Oc1ccc(F)c(N(OCCBr)C(=O)c2ccccc2)c1. The topological polar surface area (TPSA) is 81.9 Å². The van der Waals surface area contributed by atoms with Crippen molar-refractivity contribution >= 4 is 33.6 Å². The quantitative estimate of drug-likeness (QED) is 0.599. The minimum Gasteiger partial charge on any atom is -0.410 e. The van der Waals surface area contributed by atoms with Gasteiger partial charge < -0.3 is 10.5 Å². The first-order chi connectivity index (χ1) is 11.5. The summed E-state index contributed by atoms with van der Waals surface area (Å²) in [5.74, 6) is -1.29. The fourth-order valence-electron chi connectivity index (χ4n) is 1.89. The van der Waals surface area contributed by atoms with Crippen molar-refractivity contribution < 1.29 is 23.6 Å². The number of ether oxygens (including phenoxy) is 1. The monoisotopic (exact) mass is 396 g/mol. The zero-order valence-corrected chi connectivity index (χ0v) is 14.0. The van der Waals surface area contributed by atoms with Crippen LogP contribution in [0.25, 0.3) is 0 Å². The molecular weight excluding hydrogens is 383 g/mol. The molecule has 0 aliphatic heterocycles. The van der Waals surface area contributed by atoms with E-state index in [0.29, 0.717) is 10.9 Å². The van der Waals surface area contributed by atoms with E-state index in [9.17, 15) is 14.0 Å². The maximum absolute atomic E-state index is 14.2. The van der Waals surface area contributed by atoms with Gasteiger partial charge in [-0.15, -0.1) is 0 Å². The Labute approximate surface area is 146 Å². The molecule has 126 valence electrons. The number of rotatable bonds is 6. The van der Waals surface area contributed by atoms with E-state index in [1.165, 1.54) is 6.07 Å². The molecule has 0 radical (unpaired) electrons. The molecule has 24 heavy (non-hydrogen) atoms. The molecule has 0 aromatic heterocycles. The van der Waals surface area contributed by atoms with E-state index in [1.54, 1.807) is 30.3 Å². The van der Waals surface area contributed by atoms with Crippen LogP contribution in [0.15, 0.2) is 48.5 Å². The van der Waals surface area contributed by atoms with Gasteiger partial charge in [0, 0.05) is 17.0 Å². The number of halogens is 2. The van der Waals surface area contributed by atoms with Gasteiger partial charge in [-0.3, -0.25) is 9.63 Å². The van der Waals surface area contributed by atoms with E-state index in [2.05, 4.69) is 15.9 Å². The predicted molar refractivity (Wildman–Crippen MR) is 89.6 cm³/mol. The van der Waals surface area contributed by atoms with Gasteiger partial charge in [-0.2, -0.15) is 5.06 Å². The minimum atomic E-state index is -1.05. The van der Waals surface area contributed by atoms with Crippen molar-refractivity contribution in [3.05, 3.63) is 59.9 Å². The van der Waals surface area contributed by atoms with E-state index in [1.807, 2.05) is 0 Å². The molecule has 0 fully saturated rings. The highest BCUT2D eigenvalue weighted by Gasteiger charge is 2.23. The van der Waals surface area contributed by atoms with E-state index < -0.39 is 17.8 Å². The van der Waals surface area contributed by atoms with Gasteiger partial charge in [-0.05, 0) is 24.3 Å². The molecule has 0 aliphatic carbocycles. The summed E-state index contributed by atoms with van der Waals surface area (Å²) in [6, 6.07) is 11.7. The van der Waals surface area contributed by atoms with Gasteiger partial charge in [0.25, 0.3) is 5.91 Å². The Balaban J connectivity index is 2.40. The number of nitrogens with two attached hydrogens (primary N) is 1. The lowest BCUT2D eigenvalue weighted by molar-refractivity contribution is 0.0681. The number of benzene rings is 2. The minimum absolute atomic E-state index is 0.00722. The standard InChI is InChI=1S/C16H14BrFN2O4/c17-8-9-23-20(15(21)11-4-2-1-3-5-11)14-10-12(24-16(19)22)6-7-13(14)18/h1-7,10H,8-9H2,(H2,19,22). The van der Waals surface area contributed by atoms with Crippen molar-refractivity contribution in [2.24, 2.45) is 5.73 Å². The molecule has 8 heteroatoms. The van der Waals surface area contributed by atoms with Crippen LogP contribution < -0.4 is 15.5 Å². The van der Waals surface area contributed by atoms with Crippen molar-refractivity contribution in [2.75, 3.05) is 17.0 Å². The molecule has 2 aromatic rings. The molecule has 0 unspecified atom stereocenters. The van der Waals surface area contributed by atoms with Crippen molar-refractivity contribution in [2.45, 2.75) is 0 Å². The third kappa shape index (κ3) is 4.53. The third-order valence-electron chi connectivity index (χ3n) is 2.86. The summed E-state index contributed by atoms with van der Waals surface area (Å²) in [5.41, 5.74) is 5.07. The molecule has 0 spiro atoms. The molecule has 0 heterocycles. The number of alkyl halides is 1. The first kappa shape index (κ1) is 17.9. The average Bonchev–Trinajstić information content (AvgIpc) is 2.58. The highest BCUT2D eigenvalue weighted by Crippen LogP contribution is 2.27. The van der Waals surface area contributed by atoms with Gasteiger partial charge in [-0.1, -0.05) is 34.1 Å². The summed E-state index contributed by atoms with van der Waals surface area (Å²) in [6.45, 7) is 0.124. The Morgan fingerprint density at radius 2 is 1.88 bits per heavy atom. The zero-order chi connectivity index (χ0) is 17.5. The van der Waals surface area contributed by atoms with Gasteiger partial charge in [0.15, 0.2) is 0 Å². The normalized spacial score (nSPS) is 10.2. The number of amides is 2. The first-order valence-electron chi connectivity index (χ1n) is 6.88. The maximum atomic E-state index is 14.2.